The molecule has 1 fully saturated rings. The molecule has 10 heteroatoms. The second kappa shape index (κ2) is 6.11. The number of likely N-dealkylation sites (tertiary alicyclic amines) is 1. The minimum atomic E-state index is -4.97. The molecule has 0 aliphatic carbocycles. The van der Waals surface area contributed by atoms with Gasteiger partial charge in [0.2, 0.25) is 0 Å². The fourth-order valence-electron chi connectivity index (χ4n) is 2.88. The molecule has 1 amide bonds. The third-order valence-electron chi connectivity index (χ3n) is 4.46. The van der Waals surface area contributed by atoms with Gasteiger partial charge >= 0.3 is 12.1 Å². The van der Waals surface area contributed by atoms with Crippen LogP contribution in [-0.2, 0) is 4.79 Å². The normalized spacial score (nSPS) is 20.4. The fourth-order valence-corrected chi connectivity index (χ4v) is 2.88. The second-order valence-corrected chi connectivity index (χ2v) is 6.04. The van der Waals surface area contributed by atoms with E-state index >= 15 is 0 Å². The smallest absolute Gasteiger partial charge is 0.406 e. The Bertz CT molecular complexity index is 847. The van der Waals surface area contributed by atoms with Gasteiger partial charge in [-0.25, -0.2) is 4.39 Å². The topological polar surface area (TPSA) is 86.3 Å². The number of halogens is 4. The van der Waals surface area contributed by atoms with Gasteiger partial charge < -0.3 is 10.0 Å². The van der Waals surface area contributed by atoms with E-state index in [-0.39, 0.29) is 12.2 Å². The Labute approximate surface area is 144 Å². The summed E-state index contributed by atoms with van der Waals surface area (Å²) >= 11 is 0. The second-order valence-electron chi connectivity index (χ2n) is 6.04. The first-order valence-corrected chi connectivity index (χ1v) is 7.55. The van der Waals surface area contributed by atoms with E-state index in [0.29, 0.717) is 11.3 Å². The lowest BCUT2D eigenvalue weighted by Crippen LogP contribution is -2.47. The van der Waals surface area contributed by atoms with Crippen LogP contribution < -0.4 is 0 Å². The van der Waals surface area contributed by atoms with Gasteiger partial charge in [0.1, 0.15) is 11.5 Å². The van der Waals surface area contributed by atoms with Gasteiger partial charge in [-0.15, -0.1) is 0 Å². The molecule has 1 unspecified atom stereocenters. The van der Waals surface area contributed by atoms with Crippen molar-refractivity contribution in [3.63, 3.8) is 0 Å². The molecule has 0 radical (unpaired) electrons. The highest BCUT2D eigenvalue weighted by molar-refractivity contribution is 5.94. The zero-order chi connectivity index (χ0) is 19.1. The molecule has 1 saturated heterocycles. The summed E-state index contributed by atoms with van der Waals surface area (Å²) < 4.78 is 52.5. The average molecular weight is 371 g/mol. The third-order valence-corrected chi connectivity index (χ3v) is 4.46. The zero-order valence-electron chi connectivity index (χ0n) is 13.2. The molecular weight excluding hydrogens is 358 g/mol. The standard InChI is InChI=1S/C16H13F4N3O3/c17-10-3-1-9(2-4-10)11-7-12(22-21-11)13(24)23-6-5-15(8-23,14(25)26)16(18,19)20/h1-4,7H,5-6,8H2,(H,21,22)(H,25,26). The van der Waals surface area contributed by atoms with Crippen molar-refractivity contribution in [1.82, 2.24) is 15.1 Å². The average Bonchev–Trinajstić information content (AvgIpc) is 3.22. The first kappa shape index (κ1) is 17.9. The molecule has 26 heavy (non-hydrogen) atoms. The molecule has 2 aromatic rings. The van der Waals surface area contributed by atoms with Crippen molar-refractivity contribution in [3.05, 3.63) is 41.8 Å². The molecule has 0 saturated carbocycles. The Hall–Kier alpha value is -2.91. The van der Waals surface area contributed by atoms with E-state index in [0.717, 1.165) is 4.90 Å². The molecule has 2 heterocycles. The van der Waals surface area contributed by atoms with Gasteiger partial charge in [0, 0.05) is 18.7 Å². The SMILES string of the molecule is O=C(c1cc(-c2ccc(F)cc2)n[nH]1)N1CCC(C(=O)O)(C(F)(F)F)C1. The lowest BCUT2D eigenvalue weighted by molar-refractivity contribution is -0.227. The zero-order valence-corrected chi connectivity index (χ0v) is 13.2. The first-order valence-electron chi connectivity index (χ1n) is 7.55. The van der Waals surface area contributed by atoms with Gasteiger partial charge in [-0.2, -0.15) is 18.3 Å². The molecular formula is C16H13F4N3O3. The number of nitrogens with zero attached hydrogens (tertiary/aromatic N) is 2. The molecule has 1 aromatic heterocycles. The van der Waals surface area contributed by atoms with Crippen molar-refractivity contribution < 1.29 is 32.3 Å². The molecule has 3 rings (SSSR count). The number of carboxylic acid groups (broad SMARTS) is 1. The van der Waals surface area contributed by atoms with E-state index in [1.807, 2.05) is 0 Å². The minimum Gasteiger partial charge on any atom is -0.481 e. The van der Waals surface area contributed by atoms with Gasteiger partial charge in [-0.05, 0) is 36.8 Å². The van der Waals surface area contributed by atoms with Crippen molar-refractivity contribution in [2.24, 2.45) is 5.41 Å². The molecule has 2 N–H and O–H groups in total. The molecule has 1 aromatic carbocycles. The summed E-state index contributed by atoms with van der Waals surface area (Å²) in [5.74, 6) is -3.23. The number of rotatable bonds is 3. The molecule has 1 aliphatic heterocycles. The quantitative estimate of drug-likeness (QED) is 0.813. The van der Waals surface area contributed by atoms with Gasteiger partial charge in [0.05, 0.1) is 5.69 Å². The maximum absolute atomic E-state index is 13.2. The van der Waals surface area contributed by atoms with Crippen LogP contribution in [0.15, 0.2) is 30.3 Å². The molecule has 1 aliphatic rings. The number of amides is 1. The van der Waals surface area contributed by atoms with Crippen LogP contribution in [0.1, 0.15) is 16.9 Å². The number of carbonyl (C=O) groups excluding carboxylic acids is 1. The first-order chi connectivity index (χ1) is 12.1. The van der Waals surface area contributed by atoms with Crippen molar-refractivity contribution >= 4 is 11.9 Å². The Kier molecular flexibility index (Phi) is 4.21. The molecule has 6 nitrogen and oxygen atoms in total. The van der Waals surface area contributed by atoms with E-state index in [1.165, 1.54) is 30.3 Å². The van der Waals surface area contributed by atoms with Crippen LogP contribution in [0.25, 0.3) is 11.3 Å². The lowest BCUT2D eigenvalue weighted by atomic mass is 9.86. The van der Waals surface area contributed by atoms with E-state index in [2.05, 4.69) is 10.2 Å². The predicted octanol–water partition coefficient (Wildman–Crippen LogP) is 2.70. The minimum absolute atomic E-state index is 0.0762. The molecule has 0 spiro atoms. The Morgan fingerprint density at radius 2 is 1.88 bits per heavy atom. The van der Waals surface area contributed by atoms with Gasteiger partial charge in [-0.3, -0.25) is 14.7 Å². The number of H-pyrrole nitrogens is 1. The number of nitrogens with one attached hydrogen (secondary N) is 1. The predicted molar refractivity (Wildman–Crippen MR) is 80.6 cm³/mol. The van der Waals surface area contributed by atoms with Crippen LogP contribution in [0.3, 0.4) is 0 Å². The fraction of sp³-hybridized carbons (Fsp3) is 0.312. The monoisotopic (exact) mass is 371 g/mol. The van der Waals surface area contributed by atoms with Crippen molar-refractivity contribution in [3.8, 4) is 11.3 Å². The lowest BCUT2D eigenvalue weighted by Gasteiger charge is -2.27. The van der Waals surface area contributed by atoms with E-state index in [1.54, 1.807) is 0 Å². The number of alkyl halides is 3. The molecule has 1 atom stereocenters. The van der Waals surface area contributed by atoms with Gasteiger partial charge in [0.15, 0.2) is 5.41 Å². The number of hydrogen-bond acceptors (Lipinski definition) is 3. The Morgan fingerprint density at radius 1 is 1.23 bits per heavy atom. The number of carbonyl (C=O) groups is 2. The number of aliphatic carboxylic acids is 1. The van der Waals surface area contributed by atoms with Crippen LogP contribution in [-0.4, -0.2) is 51.3 Å². The Balaban J connectivity index is 1.81. The number of hydrogen-bond donors (Lipinski definition) is 2. The van der Waals surface area contributed by atoms with Gasteiger partial charge in [-0.1, -0.05) is 0 Å². The summed E-state index contributed by atoms with van der Waals surface area (Å²) in [6.45, 7) is -1.30. The molecule has 0 bridgehead atoms. The summed E-state index contributed by atoms with van der Waals surface area (Å²) in [5, 5.41) is 15.4. The number of aromatic amines is 1. The highest BCUT2D eigenvalue weighted by Gasteiger charge is 2.64. The summed E-state index contributed by atoms with van der Waals surface area (Å²) in [6.07, 6.45) is -5.68. The Morgan fingerprint density at radius 3 is 2.42 bits per heavy atom. The summed E-state index contributed by atoms with van der Waals surface area (Å²) in [6, 6.07) is 6.61. The number of carboxylic acids is 1. The maximum Gasteiger partial charge on any atom is 0.406 e. The van der Waals surface area contributed by atoms with Crippen LogP contribution >= 0.6 is 0 Å². The number of aromatic nitrogens is 2. The maximum atomic E-state index is 13.2. The number of benzene rings is 1. The highest BCUT2D eigenvalue weighted by Crippen LogP contribution is 2.46. The highest BCUT2D eigenvalue weighted by atomic mass is 19.4. The van der Waals surface area contributed by atoms with E-state index < -0.39 is 42.3 Å². The van der Waals surface area contributed by atoms with Crippen molar-refractivity contribution in [1.29, 1.82) is 0 Å². The van der Waals surface area contributed by atoms with Crippen molar-refractivity contribution in [2.75, 3.05) is 13.1 Å². The van der Waals surface area contributed by atoms with Crippen LogP contribution in [0.2, 0.25) is 0 Å². The summed E-state index contributed by atoms with van der Waals surface area (Å²) in [5.41, 5.74) is -2.22. The van der Waals surface area contributed by atoms with E-state index in [4.69, 9.17) is 5.11 Å². The van der Waals surface area contributed by atoms with Crippen molar-refractivity contribution in [2.45, 2.75) is 12.6 Å². The summed E-state index contributed by atoms with van der Waals surface area (Å²) in [7, 11) is 0. The van der Waals surface area contributed by atoms with E-state index in [9.17, 15) is 27.2 Å². The van der Waals surface area contributed by atoms with Gasteiger partial charge in [0.25, 0.3) is 5.91 Å². The summed E-state index contributed by atoms with van der Waals surface area (Å²) in [4.78, 5) is 24.4. The van der Waals surface area contributed by atoms with Crippen LogP contribution in [0, 0.1) is 11.2 Å². The molecule has 138 valence electrons. The van der Waals surface area contributed by atoms with Crippen LogP contribution in [0.5, 0.6) is 0 Å². The third kappa shape index (κ3) is 2.91. The largest absolute Gasteiger partial charge is 0.481 e. The van der Waals surface area contributed by atoms with Crippen LogP contribution in [0.4, 0.5) is 17.6 Å².